The van der Waals surface area contributed by atoms with Crippen molar-refractivity contribution in [2.45, 2.75) is 18.8 Å². The average Bonchev–Trinajstić information content (AvgIpc) is 3.32. The van der Waals surface area contributed by atoms with E-state index in [4.69, 9.17) is 16.7 Å². The van der Waals surface area contributed by atoms with Crippen LogP contribution in [-0.2, 0) is 0 Å². The summed E-state index contributed by atoms with van der Waals surface area (Å²) < 4.78 is 2.14. The van der Waals surface area contributed by atoms with Crippen LogP contribution in [0.1, 0.15) is 24.5 Å². The normalized spacial score (nSPS) is 14.7. The maximum atomic E-state index is 6.01. The van der Waals surface area contributed by atoms with Gasteiger partial charge in [-0.3, -0.25) is 0 Å². The van der Waals surface area contributed by atoms with Gasteiger partial charge in [0.05, 0.1) is 11.2 Å². The van der Waals surface area contributed by atoms with Gasteiger partial charge >= 0.3 is 0 Å². The molecule has 0 radical (unpaired) electrons. The largest absolute Gasteiger partial charge is 0.236 e. The molecule has 1 aliphatic rings. The number of fused-ring (bicyclic) bond motifs is 3. The zero-order valence-corrected chi connectivity index (χ0v) is 13.3. The van der Waals surface area contributed by atoms with Gasteiger partial charge in [0.15, 0.2) is 0 Å². The van der Waals surface area contributed by atoms with E-state index in [2.05, 4.69) is 40.9 Å². The highest BCUT2D eigenvalue weighted by Gasteiger charge is 2.27. The Morgan fingerprint density at radius 3 is 2.52 bits per heavy atom. The lowest BCUT2D eigenvalue weighted by Gasteiger charge is -2.07. The molecule has 2 nitrogen and oxygen atoms in total. The zero-order chi connectivity index (χ0) is 15.4. The van der Waals surface area contributed by atoms with Crippen LogP contribution in [0.25, 0.3) is 27.5 Å². The van der Waals surface area contributed by atoms with Crippen LogP contribution in [0, 0.1) is 0 Å². The topological polar surface area (TPSA) is 17.3 Å². The molecule has 112 valence electrons. The van der Waals surface area contributed by atoms with Gasteiger partial charge in [0, 0.05) is 27.6 Å². The van der Waals surface area contributed by atoms with Crippen LogP contribution in [0.3, 0.4) is 0 Å². The summed E-state index contributed by atoms with van der Waals surface area (Å²) >= 11 is 6.01. The van der Waals surface area contributed by atoms with E-state index in [-0.39, 0.29) is 0 Å². The van der Waals surface area contributed by atoms with E-state index < -0.39 is 0 Å². The number of halogens is 1. The van der Waals surface area contributed by atoms with Crippen LogP contribution in [0.4, 0.5) is 0 Å². The molecule has 2 heterocycles. The lowest BCUT2D eigenvalue weighted by Crippen LogP contribution is -1.97. The van der Waals surface area contributed by atoms with E-state index in [0.717, 1.165) is 16.3 Å². The van der Waals surface area contributed by atoms with Crippen molar-refractivity contribution in [3.05, 3.63) is 71.4 Å². The third kappa shape index (κ3) is 2.13. The van der Waals surface area contributed by atoms with Gasteiger partial charge in [-0.2, -0.15) is 5.10 Å². The van der Waals surface area contributed by atoms with Crippen molar-refractivity contribution in [2.75, 3.05) is 0 Å². The number of pyridine rings is 1. The molecule has 2 aromatic carbocycles. The third-order valence-corrected chi connectivity index (χ3v) is 4.88. The van der Waals surface area contributed by atoms with Crippen molar-refractivity contribution in [3.8, 4) is 11.3 Å². The lowest BCUT2D eigenvalue weighted by atomic mass is 10.1. The molecule has 1 fully saturated rings. The Morgan fingerprint density at radius 1 is 0.957 bits per heavy atom. The molecule has 4 aromatic rings. The summed E-state index contributed by atoms with van der Waals surface area (Å²) in [6.45, 7) is 0. The van der Waals surface area contributed by atoms with Gasteiger partial charge in [0.2, 0.25) is 0 Å². The molecule has 0 bridgehead atoms. The molecule has 0 spiro atoms. The van der Waals surface area contributed by atoms with Crippen molar-refractivity contribution in [2.24, 2.45) is 0 Å². The quantitative estimate of drug-likeness (QED) is 0.464. The fourth-order valence-electron chi connectivity index (χ4n) is 3.28. The van der Waals surface area contributed by atoms with E-state index >= 15 is 0 Å². The average molecular weight is 319 g/mol. The van der Waals surface area contributed by atoms with E-state index in [1.807, 2.05) is 24.3 Å². The Hall–Kier alpha value is -2.32. The summed E-state index contributed by atoms with van der Waals surface area (Å²) in [4.78, 5) is 0. The summed E-state index contributed by atoms with van der Waals surface area (Å²) in [7, 11) is 0. The second kappa shape index (κ2) is 4.84. The minimum atomic E-state index is 0.653. The summed E-state index contributed by atoms with van der Waals surface area (Å²) in [5, 5.41) is 8.20. The minimum Gasteiger partial charge on any atom is -0.236 e. The van der Waals surface area contributed by atoms with Crippen molar-refractivity contribution < 1.29 is 0 Å². The standard InChI is InChI=1S/C20H15ClN2/c21-16-9-7-13(8-10-16)18-12-20-17-4-2-1-3-15(17)11-19(14-5-6-14)23(20)22-18/h1-4,7-12,14H,5-6H2. The molecule has 0 saturated heterocycles. The molecule has 1 aliphatic carbocycles. The van der Waals surface area contributed by atoms with Gasteiger partial charge in [-0.1, -0.05) is 48.0 Å². The Labute approximate surface area is 139 Å². The smallest absolute Gasteiger partial charge is 0.0934 e. The summed E-state index contributed by atoms with van der Waals surface area (Å²) in [6.07, 6.45) is 2.53. The highest BCUT2D eigenvalue weighted by atomic mass is 35.5. The molecular weight excluding hydrogens is 304 g/mol. The maximum absolute atomic E-state index is 6.01. The molecule has 5 rings (SSSR count). The van der Waals surface area contributed by atoms with Gasteiger partial charge < -0.3 is 0 Å². The zero-order valence-electron chi connectivity index (χ0n) is 12.5. The van der Waals surface area contributed by atoms with Crippen LogP contribution in [0.2, 0.25) is 5.02 Å². The van der Waals surface area contributed by atoms with E-state index in [9.17, 15) is 0 Å². The van der Waals surface area contributed by atoms with Gasteiger partial charge in [-0.05, 0) is 42.5 Å². The minimum absolute atomic E-state index is 0.653. The van der Waals surface area contributed by atoms with Crippen molar-refractivity contribution in [1.29, 1.82) is 0 Å². The molecular formula is C20H15ClN2. The van der Waals surface area contributed by atoms with E-state index in [0.29, 0.717) is 5.92 Å². The predicted octanol–water partition coefficient (Wildman–Crippen LogP) is 5.69. The molecule has 1 saturated carbocycles. The molecule has 2 aromatic heterocycles. The Kier molecular flexibility index (Phi) is 2.77. The van der Waals surface area contributed by atoms with Crippen LogP contribution in [0.5, 0.6) is 0 Å². The molecule has 0 N–H and O–H groups in total. The Balaban J connectivity index is 1.82. The molecule has 0 aliphatic heterocycles. The van der Waals surface area contributed by atoms with Crippen molar-refractivity contribution >= 4 is 27.9 Å². The van der Waals surface area contributed by atoms with Gasteiger partial charge in [0.25, 0.3) is 0 Å². The summed E-state index contributed by atoms with van der Waals surface area (Å²) in [6, 6.07) is 21.0. The molecule has 0 atom stereocenters. The first kappa shape index (κ1) is 13.1. The van der Waals surface area contributed by atoms with Gasteiger partial charge in [-0.25, -0.2) is 4.52 Å². The fraction of sp³-hybridized carbons (Fsp3) is 0.150. The second-order valence-corrected chi connectivity index (χ2v) is 6.70. The first-order chi connectivity index (χ1) is 11.3. The summed E-state index contributed by atoms with van der Waals surface area (Å²) in [5.74, 6) is 0.653. The van der Waals surface area contributed by atoms with Gasteiger partial charge in [-0.15, -0.1) is 0 Å². The Bertz CT molecular complexity index is 1030. The lowest BCUT2D eigenvalue weighted by molar-refractivity contribution is 0.866. The van der Waals surface area contributed by atoms with Crippen LogP contribution >= 0.6 is 11.6 Å². The highest BCUT2D eigenvalue weighted by Crippen LogP contribution is 2.42. The number of rotatable bonds is 2. The fourth-order valence-corrected chi connectivity index (χ4v) is 3.40. The molecule has 0 unspecified atom stereocenters. The molecule has 3 heteroatoms. The molecule has 0 amide bonds. The monoisotopic (exact) mass is 318 g/mol. The second-order valence-electron chi connectivity index (χ2n) is 6.26. The van der Waals surface area contributed by atoms with Crippen LogP contribution < -0.4 is 0 Å². The number of nitrogens with zero attached hydrogens (tertiary/aromatic N) is 2. The number of hydrogen-bond acceptors (Lipinski definition) is 1. The summed E-state index contributed by atoms with van der Waals surface area (Å²) in [5.41, 5.74) is 4.62. The van der Waals surface area contributed by atoms with E-state index in [1.165, 1.54) is 34.8 Å². The maximum Gasteiger partial charge on any atom is 0.0934 e. The predicted molar refractivity (Wildman–Crippen MR) is 95.1 cm³/mol. The number of aromatic nitrogens is 2. The first-order valence-corrected chi connectivity index (χ1v) is 8.35. The van der Waals surface area contributed by atoms with Crippen molar-refractivity contribution in [3.63, 3.8) is 0 Å². The Morgan fingerprint density at radius 2 is 1.74 bits per heavy atom. The van der Waals surface area contributed by atoms with Crippen molar-refractivity contribution in [1.82, 2.24) is 9.61 Å². The van der Waals surface area contributed by atoms with Crippen LogP contribution in [0.15, 0.2) is 60.7 Å². The van der Waals surface area contributed by atoms with E-state index in [1.54, 1.807) is 0 Å². The highest BCUT2D eigenvalue weighted by molar-refractivity contribution is 6.30. The van der Waals surface area contributed by atoms with Gasteiger partial charge in [0.1, 0.15) is 0 Å². The SMILES string of the molecule is Clc1ccc(-c2cc3c4ccccc4cc(C4CC4)n3n2)cc1. The number of benzene rings is 2. The van der Waals surface area contributed by atoms with Crippen LogP contribution in [-0.4, -0.2) is 9.61 Å². The number of hydrogen-bond donors (Lipinski definition) is 0. The third-order valence-electron chi connectivity index (χ3n) is 4.63. The first-order valence-electron chi connectivity index (χ1n) is 7.97. The molecule has 23 heavy (non-hydrogen) atoms.